The molecule has 1 unspecified atom stereocenters. The third kappa shape index (κ3) is 2.95. The molecule has 1 heterocycles. The van der Waals surface area contributed by atoms with Gasteiger partial charge in [0, 0.05) is 17.7 Å². The van der Waals surface area contributed by atoms with Crippen molar-refractivity contribution in [2.24, 2.45) is 17.8 Å². The first-order chi connectivity index (χ1) is 11.0. The van der Waals surface area contributed by atoms with Crippen molar-refractivity contribution in [2.45, 2.75) is 61.3 Å². The number of thioether (sulfide) groups is 1. The number of nitrogens with zero attached hydrogens (tertiary/aromatic N) is 1. The summed E-state index contributed by atoms with van der Waals surface area (Å²) in [6.07, 6.45) is 9.09. The minimum Gasteiger partial charge on any atom is -0.618 e. The van der Waals surface area contributed by atoms with Crippen LogP contribution in [0.3, 0.4) is 0 Å². The molecule has 5 rings (SSSR count). The number of amides is 1. The van der Waals surface area contributed by atoms with Gasteiger partial charge in [0.1, 0.15) is 0 Å². The summed E-state index contributed by atoms with van der Waals surface area (Å²) in [5.41, 5.74) is 0.0464. The Morgan fingerprint density at radius 2 is 1.87 bits per heavy atom. The summed E-state index contributed by atoms with van der Waals surface area (Å²) in [6.45, 7) is 1.90. The third-order valence-corrected chi connectivity index (χ3v) is 7.01. The van der Waals surface area contributed by atoms with Crippen molar-refractivity contribution in [2.75, 3.05) is 0 Å². The highest BCUT2D eigenvalue weighted by molar-refractivity contribution is 8.00. The number of aromatic nitrogens is 1. The molecule has 4 nitrogen and oxygen atoms in total. The molecule has 4 aliphatic carbocycles. The monoisotopic (exact) mass is 332 g/mol. The van der Waals surface area contributed by atoms with Gasteiger partial charge >= 0.3 is 0 Å². The average molecular weight is 332 g/mol. The lowest BCUT2D eigenvalue weighted by molar-refractivity contribution is -0.645. The summed E-state index contributed by atoms with van der Waals surface area (Å²) < 4.78 is 0.833. The lowest BCUT2D eigenvalue weighted by Crippen LogP contribution is -2.60. The number of hydrogen-bond acceptors (Lipinski definition) is 3. The normalized spacial score (nSPS) is 36.0. The number of pyridine rings is 1. The van der Waals surface area contributed by atoms with Crippen LogP contribution < -0.4 is 10.0 Å². The van der Waals surface area contributed by atoms with E-state index in [0.29, 0.717) is 5.03 Å². The molecule has 23 heavy (non-hydrogen) atoms. The smallest absolute Gasteiger partial charge is 0.252 e. The molecule has 0 saturated heterocycles. The molecule has 1 aromatic heterocycles. The molecule has 4 aliphatic rings. The van der Waals surface area contributed by atoms with Crippen molar-refractivity contribution in [1.82, 2.24) is 5.32 Å². The van der Waals surface area contributed by atoms with Crippen molar-refractivity contribution in [3.8, 4) is 0 Å². The van der Waals surface area contributed by atoms with Crippen molar-refractivity contribution in [3.63, 3.8) is 0 Å². The molecule has 0 spiro atoms. The lowest BCUT2D eigenvalue weighted by atomic mass is 9.53. The Bertz CT molecular complexity index is 584. The molecule has 5 heteroatoms. The van der Waals surface area contributed by atoms with Crippen LogP contribution in [0.1, 0.15) is 45.4 Å². The van der Waals surface area contributed by atoms with E-state index in [-0.39, 0.29) is 16.7 Å². The molecular formula is C18H24N2O2S. The summed E-state index contributed by atoms with van der Waals surface area (Å²) in [6, 6.07) is 5.31. The molecule has 1 amide bonds. The Balaban J connectivity index is 1.42. The maximum Gasteiger partial charge on any atom is 0.252 e. The van der Waals surface area contributed by atoms with Gasteiger partial charge in [-0.25, -0.2) is 0 Å². The van der Waals surface area contributed by atoms with Gasteiger partial charge in [0.15, 0.2) is 6.20 Å². The van der Waals surface area contributed by atoms with E-state index in [1.807, 2.05) is 13.0 Å². The zero-order valence-corrected chi connectivity index (χ0v) is 14.3. The van der Waals surface area contributed by atoms with Gasteiger partial charge < -0.3 is 10.5 Å². The molecule has 4 saturated carbocycles. The molecule has 124 valence electrons. The largest absolute Gasteiger partial charge is 0.618 e. The minimum atomic E-state index is -0.245. The zero-order chi connectivity index (χ0) is 16.0. The Labute approximate surface area is 141 Å². The predicted octanol–water partition coefficient (Wildman–Crippen LogP) is 2.89. The van der Waals surface area contributed by atoms with Crippen LogP contribution in [-0.4, -0.2) is 16.7 Å². The number of nitrogens with one attached hydrogen (secondary N) is 1. The number of carbonyl (C=O) groups excluding carboxylic acids is 1. The zero-order valence-electron chi connectivity index (χ0n) is 13.5. The predicted molar refractivity (Wildman–Crippen MR) is 89.8 cm³/mol. The van der Waals surface area contributed by atoms with Gasteiger partial charge in [0.05, 0.1) is 5.25 Å². The molecule has 1 N–H and O–H groups in total. The Hall–Kier alpha value is -1.23. The quantitative estimate of drug-likeness (QED) is 0.524. The highest BCUT2D eigenvalue weighted by atomic mass is 32.2. The fraction of sp³-hybridized carbons (Fsp3) is 0.667. The molecule has 1 aromatic rings. The first-order valence-corrected chi connectivity index (χ1v) is 9.58. The van der Waals surface area contributed by atoms with Gasteiger partial charge in [-0.15, -0.1) is 0 Å². The first-order valence-electron chi connectivity index (χ1n) is 8.70. The van der Waals surface area contributed by atoms with Crippen LogP contribution >= 0.6 is 11.8 Å². The van der Waals surface area contributed by atoms with E-state index >= 15 is 0 Å². The first kappa shape index (κ1) is 15.3. The van der Waals surface area contributed by atoms with Crippen LogP contribution in [0.15, 0.2) is 29.4 Å². The van der Waals surface area contributed by atoms with Crippen molar-refractivity contribution in [3.05, 3.63) is 29.6 Å². The highest BCUT2D eigenvalue weighted by Gasteiger charge is 2.51. The maximum atomic E-state index is 12.7. The molecule has 4 fully saturated rings. The summed E-state index contributed by atoms with van der Waals surface area (Å²) >= 11 is 1.35. The van der Waals surface area contributed by atoms with Crippen LogP contribution in [0.4, 0.5) is 0 Å². The van der Waals surface area contributed by atoms with Crippen molar-refractivity contribution >= 4 is 17.7 Å². The molecular weight excluding hydrogens is 308 g/mol. The number of hydrogen-bond donors (Lipinski definition) is 1. The second kappa shape index (κ2) is 5.69. The average Bonchev–Trinajstić information content (AvgIpc) is 2.47. The molecule has 0 radical (unpaired) electrons. The van der Waals surface area contributed by atoms with E-state index in [4.69, 9.17) is 0 Å². The molecule has 0 aromatic carbocycles. The highest BCUT2D eigenvalue weighted by Crippen LogP contribution is 2.55. The second-order valence-electron chi connectivity index (χ2n) is 7.81. The van der Waals surface area contributed by atoms with Crippen LogP contribution in [0.2, 0.25) is 0 Å². The summed E-state index contributed by atoms with van der Waals surface area (Å²) in [5.74, 6) is 2.55. The van der Waals surface area contributed by atoms with Crippen LogP contribution in [0.25, 0.3) is 0 Å². The van der Waals surface area contributed by atoms with E-state index in [2.05, 4.69) is 5.32 Å². The molecule has 4 bridgehead atoms. The van der Waals surface area contributed by atoms with Gasteiger partial charge in [-0.3, -0.25) is 4.79 Å². The van der Waals surface area contributed by atoms with Crippen LogP contribution in [-0.2, 0) is 4.79 Å². The van der Waals surface area contributed by atoms with Gasteiger partial charge in [0.25, 0.3) is 5.03 Å². The fourth-order valence-corrected chi connectivity index (χ4v) is 6.22. The van der Waals surface area contributed by atoms with Crippen molar-refractivity contribution in [1.29, 1.82) is 0 Å². The van der Waals surface area contributed by atoms with Gasteiger partial charge in [-0.1, -0.05) is 0 Å². The molecule has 1 atom stereocenters. The Morgan fingerprint density at radius 1 is 1.26 bits per heavy atom. The number of rotatable bonds is 4. The maximum absolute atomic E-state index is 12.7. The van der Waals surface area contributed by atoms with Gasteiger partial charge in [-0.2, -0.15) is 4.73 Å². The standard InChI is InChI=1S/C18H24N2O2S/c1-12(23-16-4-2-3-5-20(16)22)17(21)19-18-9-13-6-14(10-18)8-15(7-13)11-18/h2-5,12-15H,6-11H2,1H3,(H,19,21). The topological polar surface area (TPSA) is 56.0 Å². The summed E-state index contributed by atoms with van der Waals surface area (Å²) in [7, 11) is 0. The van der Waals surface area contributed by atoms with Gasteiger partial charge in [0.2, 0.25) is 5.91 Å². The van der Waals surface area contributed by atoms with E-state index in [0.717, 1.165) is 41.7 Å². The second-order valence-corrected chi connectivity index (χ2v) is 9.17. The number of carbonyl (C=O) groups is 1. The molecule has 0 aliphatic heterocycles. The van der Waals surface area contributed by atoms with E-state index in [1.165, 1.54) is 37.2 Å². The van der Waals surface area contributed by atoms with Crippen molar-refractivity contribution < 1.29 is 9.52 Å². The van der Waals surface area contributed by atoms with E-state index in [9.17, 15) is 10.0 Å². The Kier molecular flexibility index (Phi) is 3.79. The minimum absolute atomic E-state index is 0.0464. The van der Waals surface area contributed by atoms with E-state index < -0.39 is 0 Å². The third-order valence-electron chi connectivity index (χ3n) is 5.88. The summed E-state index contributed by atoms with van der Waals surface area (Å²) in [4.78, 5) is 12.7. The van der Waals surface area contributed by atoms with Crippen LogP contribution in [0.5, 0.6) is 0 Å². The summed E-state index contributed by atoms with van der Waals surface area (Å²) in [5, 5.41) is 15.5. The van der Waals surface area contributed by atoms with Crippen LogP contribution in [0, 0.1) is 23.0 Å². The Morgan fingerprint density at radius 3 is 2.43 bits per heavy atom. The SMILES string of the molecule is CC(Sc1cccc[n+]1[O-])C(=O)NC12CC3CC(CC(C3)C1)C2. The lowest BCUT2D eigenvalue weighted by Gasteiger charge is -2.57. The van der Waals surface area contributed by atoms with Gasteiger partial charge in [-0.05, 0) is 81.0 Å². The fourth-order valence-electron chi connectivity index (χ4n) is 5.37. The van der Waals surface area contributed by atoms with E-state index in [1.54, 1.807) is 12.1 Å².